The fourth-order valence-corrected chi connectivity index (χ4v) is 3.76. The molecular weight excluding hydrogens is 396 g/mol. The molecule has 0 radical (unpaired) electrons. The zero-order valence-electron chi connectivity index (χ0n) is 16.9. The predicted molar refractivity (Wildman–Crippen MR) is 115 cm³/mol. The van der Waals surface area contributed by atoms with Gasteiger partial charge in [0.1, 0.15) is 6.54 Å². The van der Waals surface area contributed by atoms with Crippen molar-refractivity contribution >= 4 is 33.2 Å². The highest BCUT2D eigenvalue weighted by atomic mass is 35.5. The molecule has 0 saturated heterocycles. The minimum absolute atomic E-state index is 0.0551. The maximum absolute atomic E-state index is 12.5. The number of anilines is 1. The molecule has 2 aromatic carbocycles. The van der Waals surface area contributed by atoms with Gasteiger partial charge >= 0.3 is 0 Å². The average molecular weight is 423 g/mol. The lowest BCUT2D eigenvalue weighted by molar-refractivity contribution is -0.120. The van der Waals surface area contributed by atoms with Crippen LogP contribution in [0, 0.1) is 0 Å². The smallest absolute Gasteiger partial charge is 0.241 e. The second kappa shape index (κ2) is 8.53. The molecule has 152 valence electrons. The number of sulfonamides is 1. The summed E-state index contributed by atoms with van der Waals surface area (Å²) in [7, 11) is -3.62. The number of benzene rings is 2. The maximum Gasteiger partial charge on any atom is 0.241 e. The molecule has 0 aliphatic rings. The van der Waals surface area contributed by atoms with Crippen molar-refractivity contribution in [2.75, 3.05) is 17.1 Å². The van der Waals surface area contributed by atoms with Gasteiger partial charge in [0.05, 0.1) is 18.0 Å². The molecule has 0 spiro atoms. The number of amides is 1. The second-order valence-electron chi connectivity index (χ2n) is 7.91. The minimum atomic E-state index is -3.62. The third kappa shape index (κ3) is 5.97. The first-order valence-electron chi connectivity index (χ1n) is 9.01. The number of hydrogen-bond acceptors (Lipinski definition) is 3. The Morgan fingerprint density at radius 1 is 1.07 bits per heavy atom. The maximum atomic E-state index is 12.5. The van der Waals surface area contributed by atoms with Gasteiger partial charge in [-0.2, -0.15) is 0 Å². The molecule has 2 rings (SSSR count). The van der Waals surface area contributed by atoms with Gasteiger partial charge in [-0.3, -0.25) is 9.10 Å². The SMILES string of the molecule is C[C@H](NC(=O)CN(c1ccc(Cl)cc1)S(C)(=O)=O)c1ccc(C(C)(C)C)cc1. The number of carbonyl (C=O) groups is 1. The zero-order valence-corrected chi connectivity index (χ0v) is 18.4. The molecule has 1 N–H and O–H groups in total. The molecule has 0 saturated carbocycles. The van der Waals surface area contributed by atoms with Crippen LogP contribution in [0.5, 0.6) is 0 Å². The van der Waals surface area contributed by atoms with E-state index in [1.165, 1.54) is 5.56 Å². The van der Waals surface area contributed by atoms with Gasteiger partial charge in [-0.1, -0.05) is 56.6 Å². The summed E-state index contributed by atoms with van der Waals surface area (Å²) in [6, 6.07) is 14.2. The van der Waals surface area contributed by atoms with Crippen LogP contribution in [0.25, 0.3) is 0 Å². The molecule has 0 aliphatic heterocycles. The summed E-state index contributed by atoms with van der Waals surface area (Å²) in [6.45, 7) is 8.00. The van der Waals surface area contributed by atoms with Gasteiger partial charge in [-0.15, -0.1) is 0 Å². The highest BCUT2D eigenvalue weighted by molar-refractivity contribution is 7.92. The Morgan fingerprint density at radius 3 is 2.07 bits per heavy atom. The summed E-state index contributed by atoms with van der Waals surface area (Å²) < 4.78 is 25.4. The molecule has 0 heterocycles. The molecule has 0 aliphatic carbocycles. The number of nitrogens with one attached hydrogen (secondary N) is 1. The third-order valence-corrected chi connectivity index (χ3v) is 5.85. The van der Waals surface area contributed by atoms with Crippen molar-refractivity contribution in [1.29, 1.82) is 0 Å². The van der Waals surface area contributed by atoms with E-state index in [9.17, 15) is 13.2 Å². The van der Waals surface area contributed by atoms with E-state index in [0.29, 0.717) is 10.7 Å². The molecule has 0 fully saturated rings. The van der Waals surface area contributed by atoms with Crippen LogP contribution in [-0.2, 0) is 20.2 Å². The second-order valence-corrected chi connectivity index (χ2v) is 10.3. The van der Waals surface area contributed by atoms with Crippen LogP contribution in [-0.4, -0.2) is 27.1 Å². The van der Waals surface area contributed by atoms with Crippen LogP contribution in [0.1, 0.15) is 44.9 Å². The van der Waals surface area contributed by atoms with E-state index >= 15 is 0 Å². The van der Waals surface area contributed by atoms with Gasteiger partial charge in [-0.05, 0) is 47.7 Å². The lowest BCUT2D eigenvalue weighted by Gasteiger charge is -2.24. The predicted octanol–water partition coefficient (Wildman–Crippen LogP) is 4.28. The van der Waals surface area contributed by atoms with E-state index in [1.54, 1.807) is 24.3 Å². The Labute approximate surface area is 172 Å². The van der Waals surface area contributed by atoms with Crippen LogP contribution < -0.4 is 9.62 Å². The van der Waals surface area contributed by atoms with Crippen LogP contribution in [0.15, 0.2) is 48.5 Å². The third-order valence-electron chi connectivity index (χ3n) is 4.46. The van der Waals surface area contributed by atoms with E-state index < -0.39 is 10.0 Å². The van der Waals surface area contributed by atoms with Gasteiger partial charge in [-0.25, -0.2) is 8.42 Å². The fraction of sp³-hybridized carbons (Fsp3) is 0.381. The van der Waals surface area contributed by atoms with Crippen molar-refractivity contribution in [2.45, 2.75) is 39.2 Å². The van der Waals surface area contributed by atoms with Gasteiger partial charge in [0.15, 0.2) is 0 Å². The Balaban J connectivity index is 2.11. The number of rotatable bonds is 6. The number of nitrogens with zero attached hydrogens (tertiary/aromatic N) is 1. The van der Waals surface area contributed by atoms with Crippen LogP contribution in [0.2, 0.25) is 5.02 Å². The first-order chi connectivity index (χ1) is 12.9. The van der Waals surface area contributed by atoms with E-state index in [1.807, 2.05) is 19.1 Å². The van der Waals surface area contributed by atoms with Crippen molar-refractivity contribution in [2.24, 2.45) is 0 Å². The number of halogens is 1. The Kier molecular flexibility index (Phi) is 6.78. The van der Waals surface area contributed by atoms with Gasteiger partial charge < -0.3 is 5.32 Å². The van der Waals surface area contributed by atoms with Crippen molar-refractivity contribution in [1.82, 2.24) is 5.32 Å². The summed E-state index contributed by atoms with van der Waals surface area (Å²) in [5.41, 5.74) is 2.61. The van der Waals surface area contributed by atoms with Crippen LogP contribution >= 0.6 is 11.6 Å². The summed E-state index contributed by atoms with van der Waals surface area (Å²) in [6.07, 6.45) is 1.07. The normalized spacial score (nSPS) is 13.1. The van der Waals surface area contributed by atoms with E-state index in [2.05, 4.69) is 38.2 Å². The topological polar surface area (TPSA) is 66.5 Å². The molecular formula is C21H27ClN2O3S. The lowest BCUT2D eigenvalue weighted by atomic mass is 9.86. The van der Waals surface area contributed by atoms with Gasteiger partial charge in [0, 0.05) is 5.02 Å². The molecule has 0 aromatic heterocycles. The first-order valence-corrected chi connectivity index (χ1v) is 11.2. The Bertz CT molecular complexity index is 918. The quantitative estimate of drug-likeness (QED) is 0.755. The van der Waals surface area contributed by atoms with E-state index in [-0.39, 0.29) is 23.9 Å². The average Bonchev–Trinajstić information content (AvgIpc) is 2.59. The highest BCUT2D eigenvalue weighted by Gasteiger charge is 2.22. The molecule has 1 atom stereocenters. The van der Waals surface area contributed by atoms with Crippen molar-refractivity contribution in [3.8, 4) is 0 Å². The van der Waals surface area contributed by atoms with Crippen molar-refractivity contribution in [3.05, 3.63) is 64.7 Å². The van der Waals surface area contributed by atoms with E-state index in [4.69, 9.17) is 11.6 Å². The molecule has 7 heteroatoms. The Morgan fingerprint density at radius 2 is 1.61 bits per heavy atom. The van der Waals surface area contributed by atoms with Crippen LogP contribution in [0.4, 0.5) is 5.69 Å². The minimum Gasteiger partial charge on any atom is -0.348 e. The monoisotopic (exact) mass is 422 g/mol. The fourth-order valence-electron chi connectivity index (χ4n) is 2.78. The standard InChI is InChI=1S/C21H27ClN2O3S/c1-15(16-6-8-17(9-7-16)21(2,3)4)23-20(25)14-24(28(5,26)27)19-12-10-18(22)11-13-19/h6-13,15H,14H2,1-5H3,(H,23,25)/t15-/m0/s1. The van der Waals surface area contributed by atoms with E-state index in [0.717, 1.165) is 16.1 Å². The highest BCUT2D eigenvalue weighted by Crippen LogP contribution is 2.24. The molecule has 0 bridgehead atoms. The Hall–Kier alpha value is -2.05. The molecule has 2 aromatic rings. The zero-order chi connectivity index (χ0) is 21.1. The van der Waals surface area contributed by atoms with Crippen molar-refractivity contribution < 1.29 is 13.2 Å². The molecule has 1 amide bonds. The summed E-state index contributed by atoms with van der Waals surface area (Å²) in [5.74, 6) is -0.382. The number of hydrogen-bond donors (Lipinski definition) is 1. The largest absolute Gasteiger partial charge is 0.348 e. The summed E-state index contributed by atoms with van der Waals surface area (Å²) in [4.78, 5) is 12.5. The molecule has 5 nitrogen and oxygen atoms in total. The summed E-state index contributed by atoms with van der Waals surface area (Å²) >= 11 is 5.86. The molecule has 0 unspecified atom stereocenters. The van der Waals surface area contributed by atoms with Crippen molar-refractivity contribution in [3.63, 3.8) is 0 Å². The first kappa shape index (κ1) is 22.2. The lowest BCUT2D eigenvalue weighted by Crippen LogP contribution is -2.41. The summed E-state index contributed by atoms with van der Waals surface area (Å²) in [5, 5.41) is 3.36. The van der Waals surface area contributed by atoms with Crippen LogP contribution in [0.3, 0.4) is 0 Å². The number of carbonyl (C=O) groups excluding carboxylic acids is 1. The molecule has 28 heavy (non-hydrogen) atoms. The van der Waals surface area contributed by atoms with Gasteiger partial charge in [0.25, 0.3) is 0 Å². The van der Waals surface area contributed by atoms with Gasteiger partial charge in [0.2, 0.25) is 15.9 Å².